The summed E-state index contributed by atoms with van der Waals surface area (Å²) in [6.45, 7) is 0.556. The van der Waals surface area contributed by atoms with Crippen molar-refractivity contribution in [2.75, 3.05) is 25.2 Å². The first-order chi connectivity index (χ1) is 17.0. The van der Waals surface area contributed by atoms with E-state index < -0.39 is 17.8 Å². The number of carbonyl (C=O) groups excluding carboxylic acids is 3. The van der Waals surface area contributed by atoms with Crippen LogP contribution in [0.2, 0.25) is 0 Å². The lowest BCUT2D eigenvalue weighted by Gasteiger charge is -2.26. The van der Waals surface area contributed by atoms with Crippen LogP contribution in [0.3, 0.4) is 0 Å². The minimum absolute atomic E-state index is 0.163. The Kier molecular flexibility index (Phi) is 7.47. The number of nitrogens with one attached hydrogen (secondary N) is 1. The third-order valence-electron chi connectivity index (χ3n) is 5.03. The summed E-state index contributed by atoms with van der Waals surface area (Å²) in [5.41, 5.74) is 0.752. The van der Waals surface area contributed by atoms with Crippen LogP contribution in [0.5, 0.6) is 17.2 Å². The third-order valence-corrected chi connectivity index (χ3v) is 5.56. The van der Waals surface area contributed by atoms with Crippen LogP contribution in [-0.4, -0.2) is 38.2 Å². The van der Waals surface area contributed by atoms with E-state index in [1.807, 2.05) is 12.1 Å². The van der Waals surface area contributed by atoms with Gasteiger partial charge in [0, 0.05) is 4.47 Å². The number of ether oxygens (including phenoxy) is 3. The topological polar surface area (TPSA) is 94.2 Å². The molecule has 1 aliphatic heterocycles. The maximum atomic E-state index is 13.0. The van der Waals surface area contributed by atoms with Gasteiger partial charge < -0.3 is 14.2 Å². The monoisotopic (exact) mass is 536 g/mol. The summed E-state index contributed by atoms with van der Waals surface area (Å²) >= 11 is 3.32. The molecule has 178 valence electrons. The molecule has 1 heterocycles. The van der Waals surface area contributed by atoms with Crippen molar-refractivity contribution < 1.29 is 28.6 Å². The highest BCUT2D eigenvalue weighted by Crippen LogP contribution is 2.26. The van der Waals surface area contributed by atoms with Crippen LogP contribution in [0, 0.1) is 0 Å². The Labute approximate surface area is 210 Å². The molecule has 1 N–H and O–H groups in total. The van der Waals surface area contributed by atoms with E-state index in [4.69, 9.17) is 14.2 Å². The Balaban J connectivity index is 1.45. The van der Waals surface area contributed by atoms with E-state index in [0.717, 1.165) is 9.37 Å². The standard InChI is InChI=1S/C26H21BrN2O6/c1-33-22-7-2-3-8-23(22)35-14-13-34-20-6-4-5-17(15-20)16-21-24(30)28-26(32)29(25(21)31)19-11-9-18(27)10-12-19/h2-12,15-16H,13-14H2,1H3,(H,28,30,32). The number of rotatable bonds is 8. The second kappa shape index (κ2) is 10.9. The van der Waals surface area contributed by atoms with Crippen LogP contribution in [0.1, 0.15) is 5.56 Å². The Hall–Kier alpha value is -4.11. The van der Waals surface area contributed by atoms with Crippen LogP contribution in [0.15, 0.2) is 82.8 Å². The van der Waals surface area contributed by atoms with Crippen molar-refractivity contribution in [3.8, 4) is 17.2 Å². The van der Waals surface area contributed by atoms with Gasteiger partial charge in [-0.25, -0.2) is 9.69 Å². The molecule has 1 fully saturated rings. The minimum Gasteiger partial charge on any atom is -0.493 e. The Morgan fingerprint density at radius 3 is 2.34 bits per heavy atom. The van der Waals surface area contributed by atoms with Gasteiger partial charge in [0.2, 0.25) is 0 Å². The first-order valence-corrected chi connectivity index (χ1v) is 11.4. The molecule has 3 aromatic rings. The molecule has 35 heavy (non-hydrogen) atoms. The molecule has 3 aromatic carbocycles. The number of amides is 4. The lowest BCUT2D eigenvalue weighted by Crippen LogP contribution is -2.54. The lowest BCUT2D eigenvalue weighted by molar-refractivity contribution is -0.122. The average molecular weight is 537 g/mol. The number of para-hydroxylation sites is 2. The number of halogens is 1. The van der Waals surface area contributed by atoms with Crippen molar-refractivity contribution in [1.82, 2.24) is 5.32 Å². The fourth-order valence-electron chi connectivity index (χ4n) is 3.39. The van der Waals surface area contributed by atoms with E-state index in [1.165, 1.54) is 6.08 Å². The van der Waals surface area contributed by atoms with Gasteiger partial charge in [-0.1, -0.05) is 40.2 Å². The Morgan fingerprint density at radius 1 is 0.886 bits per heavy atom. The molecule has 4 rings (SSSR count). The molecule has 8 nitrogen and oxygen atoms in total. The summed E-state index contributed by atoms with van der Waals surface area (Å²) in [4.78, 5) is 38.7. The van der Waals surface area contributed by atoms with Gasteiger partial charge in [-0.3, -0.25) is 14.9 Å². The van der Waals surface area contributed by atoms with E-state index in [2.05, 4.69) is 21.2 Å². The fourth-order valence-corrected chi connectivity index (χ4v) is 3.66. The van der Waals surface area contributed by atoms with E-state index in [1.54, 1.807) is 67.8 Å². The third kappa shape index (κ3) is 5.70. The number of methoxy groups -OCH3 is 1. The molecular weight excluding hydrogens is 516 g/mol. The molecule has 1 aliphatic rings. The Morgan fingerprint density at radius 2 is 1.60 bits per heavy atom. The SMILES string of the molecule is COc1ccccc1OCCOc1cccc(C=C2C(=O)NC(=O)N(c3ccc(Br)cc3)C2=O)c1. The highest BCUT2D eigenvalue weighted by atomic mass is 79.9. The average Bonchev–Trinajstić information content (AvgIpc) is 2.86. The predicted molar refractivity (Wildman–Crippen MR) is 134 cm³/mol. The van der Waals surface area contributed by atoms with Crippen LogP contribution < -0.4 is 24.4 Å². The Bertz CT molecular complexity index is 1290. The number of imide groups is 2. The number of hydrogen-bond donors (Lipinski definition) is 1. The van der Waals surface area contributed by atoms with Gasteiger partial charge in [0.25, 0.3) is 11.8 Å². The van der Waals surface area contributed by atoms with Crippen molar-refractivity contribution in [2.24, 2.45) is 0 Å². The van der Waals surface area contributed by atoms with Crippen molar-refractivity contribution >= 4 is 45.5 Å². The van der Waals surface area contributed by atoms with Gasteiger partial charge >= 0.3 is 6.03 Å². The number of barbiturate groups is 1. The molecule has 1 saturated heterocycles. The summed E-state index contributed by atoms with van der Waals surface area (Å²) in [5.74, 6) is 0.311. The quantitative estimate of drug-likeness (QED) is 0.257. The molecular formula is C26H21BrN2O6. The van der Waals surface area contributed by atoms with Gasteiger partial charge in [0.15, 0.2) is 11.5 Å². The van der Waals surface area contributed by atoms with Gasteiger partial charge in [0.1, 0.15) is 24.5 Å². The molecule has 0 aliphatic carbocycles. The van der Waals surface area contributed by atoms with E-state index in [0.29, 0.717) is 28.5 Å². The number of nitrogens with zero attached hydrogens (tertiary/aromatic N) is 1. The van der Waals surface area contributed by atoms with Crippen LogP contribution in [-0.2, 0) is 9.59 Å². The lowest BCUT2D eigenvalue weighted by atomic mass is 10.1. The van der Waals surface area contributed by atoms with E-state index in [9.17, 15) is 14.4 Å². The first kappa shape index (κ1) is 24.0. The normalized spacial score (nSPS) is 14.6. The molecule has 0 bridgehead atoms. The molecule has 0 saturated carbocycles. The molecule has 9 heteroatoms. The van der Waals surface area contributed by atoms with Crippen molar-refractivity contribution in [3.63, 3.8) is 0 Å². The van der Waals surface area contributed by atoms with E-state index in [-0.39, 0.29) is 18.8 Å². The van der Waals surface area contributed by atoms with Crippen LogP contribution in [0.25, 0.3) is 6.08 Å². The fraction of sp³-hybridized carbons (Fsp3) is 0.115. The van der Waals surface area contributed by atoms with Crippen LogP contribution >= 0.6 is 15.9 Å². The van der Waals surface area contributed by atoms with E-state index >= 15 is 0 Å². The first-order valence-electron chi connectivity index (χ1n) is 10.6. The largest absolute Gasteiger partial charge is 0.493 e. The summed E-state index contributed by atoms with van der Waals surface area (Å²) in [5, 5.41) is 2.21. The van der Waals surface area contributed by atoms with Crippen molar-refractivity contribution in [3.05, 3.63) is 88.4 Å². The second-order valence-corrected chi connectivity index (χ2v) is 8.27. The summed E-state index contributed by atoms with van der Waals surface area (Å²) < 4.78 is 17.5. The highest BCUT2D eigenvalue weighted by Gasteiger charge is 2.36. The van der Waals surface area contributed by atoms with Gasteiger partial charge in [-0.15, -0.1) is 0 Å². The number of urea groups is 1. The molecule has 4 amide bonds. The number of hydrogen-bond acceptors (Lipinski definition) is 6. The zero-order valence-corrected chi connectivity index (χ0v) is 20.3. The molecule has 0 unspecified atom stereocenters. The zero-order chi connectivity index (χ0) is 24.8. The highest BCUT2D eigenvalue weighted by molar-refractivity contribution is 9.10. The minimum atomic E-state index is -0.799. The smallest absolute Gasteiger partial charge is 0.335 e. The van der Waals surface area contributed by atoms with Gasteiger partial charge in [0.05, 0.1) is 12.8 Å². The molecule has 0 spiro atoms. The van der Waals surface area contributed by atoms with Crippen molar-refractivity contribution in [2.45, 2.75) is 0 Å². The maximum absolute atomic E-state index is 13.0. The number of carbonyl (C=O) groups is 3. The van der Waals surface area contributed by atoms with Crippen molar-refractivity contribution in [1.29, 1.82) is 0 Å². The zero-order valence-electron chi connectivity index (χ0n) is 18.7. The molecule has 0 aromatic heterocycles. The maximum Gasteiger partial charge on any atom is 0.335 e. The molecule has 0 radical (unpaired) electrons. The second-order valence-electron chi connectivity index (χ2n) is 7.35. The summed E-state index contributed by atoms with van der Waals surface area (Å²) in [7, 11) is 1.57. The van der Waals surface area contributed by atoms with Crippen LogP contribution in [0.4, 0.5) is 10.5 Å². The number of anilines is 1. The number of benzene rings is 3. The van der Waals surface area contributed by atoms with Gasteiger partial charge in [-0.2, -0.15) is 0 Å². The summed E-state index contributed by atoms with van der Waals surface area (Å²) in [6, 6.07) is 20.1. The predicted octanol–water partition coefficient (Wildman–Crippen LogP) is 4.58. The van der Waals surface area contributed by atoms with Gasteiger partial charge in [-0.05, 0) is 60.2 Å². The molecule has 0 atom stereocenters. The summed E-state index contributed by atoms with van der Waals surface area (Å²) in [6.07, 6.45) is 1.42.